The molecule has 0 spiro atoms. The number of halogens is 1. The smallest absolute Gasteiger partial charge is 0.114 e. The maximum atomic E-state index is 5.35. The molecule has 0 aromatic heterocycles. The van der Waals surface area contributed by atoms with Crippen molar-refractivity contribution in [1.29, 1.82) is 0 Å². The molecule has 23 heavy (non-hydrogen) atoms. The number of benzene rings is 1. The molecule has 1 atom stereocenters. The van der Waals surface area contributed by atoms with Crippen LogP contribution >= 0.6 is 15.9 Å². The average molecular weight is 378 g/mol. The van der Waals surface area contributed by atoms with Crippen molar-refractivity contribution < 1.29 is 4.74 Å². The van der Waals surface area contributed by atoms with Crippen molar-refractivity contribution in [2.45, 2.75) is 46.2 Å². The van der Waals surface area contributed by atoms with Gasteiger partial charge in [-0.1, -0.05) is 54.9 Å². The largest absolute Gasteiger partial charge is 0.497 e. The normalized spacial score (nSPS) is 21.4. The Balaban J connectivity index is 2.24. The summed E-state index contributed by atoms with van der Waals surface area (Å²) in [5.41, 5.74) is 1.59. The number of ether oxygens (including phenoxy) is 1. The molecule has 3 heteroatoms. The van der Waals surface area contributed by atoms with Crippen LogP contribution in [0.5, 0.6) is 0 Å². The summed E-state index contributed by atoms with van der Waals surface area (Å²) in [5, 5.41) is 0. The van der Waals surface area contributed by atoms with Crippen LogP contribution in [0, 0.1) is 5.41 Å². The molecule has 2 nitrogen and oxygen atoms in total. The standard InChI is InChI=1S/C20H28BrNO/c1-19(2,3)15-22(14-16-7-6-8-17(21)13-16)20(4)11-9-18(23-5)10-12-20/h6-11,13H,12,14-15H2,1-5H3. The summed E-state index contributed by atoms with van der Waals surface area (Å²) in [6.45, 7) is 11.2. The van der Waals surface area contributed by atoms with E-state index in [1.807, 2.05) is 0 Å². The maximum Gasteiger partial charge on any atom is 0.114 e. The number of methoxy groups -OCH3 is 1. The van der Waals surface area contributed by atoms with Crippen molar-refractivity contribution in [1.82, 2.24) is 4.90 Å². The molecule has 0 fully saturated rings. The van der Waals surface area contributed by atoms with Gasteiger partial charge in [-0.15, -0.1) is 0 Å². The van der Waals surface area contributed by atoms with Crippen LogP contribution in [-0.2, 0) is 11.3 Å². The van der Waals surface area contributed by atoms with Gasteiger partial charge < -0.3 is 4.74 Å². The van der Waals surface area contributed by atoms with Crippen LogP contribution in [0.1, 0.15) is 39.7 Å². The number of allylic oxidation sites excluding steroid dienone is 1. The highest BCUT2D eigenvalue weighted by Crippen LogP contribution is 2.32. The van der Waals surface area contributed by atoms with E-state index in [1.54, 1.807) is 7.11 Å². The Labute approximate surface area is 149 Å². The topological polar surface area (TPSA) is 12.5 Å². The molecule has 0 amide bonds. The molecule has 0 heterocycles. The van der Waals surface area contributed by atoms with E-state index in [4.69, 9.17) is 4.74 Å². The highest BCUT2D eigenvalue weighted by molar-refractivity contribution is 9.10. The van der Waals surface area contributed by atoms with E-state index in [9.17, 15) is 0 Å². The van der Waals surface area contributed by atoms with Crippen LogP contribution in [-0.4, -0.2) is 24.1 Å². The minimum absolute atomic E-state index is 0.0115. The lowest BCUT2D eigenvalue weighted by molar-refractivity contribution is 0.0894. The minimum Gasteiger partial charge on any atom is -0.497 e. The molecule has 0 aliphatic heterocycles. The summed E-state index contributed by atoms with van der Waals surface area (Å²) in [4.78, 5) is 2.58. The van der Waals surface area contributed by atoms with Gasteiger partial charge >= 0.3 is 0 Å². The van der Waals surface area contributed by atoms with Gasteiger partial charge in [0.15, 0.2) is 0 Å². The molecule has 1 unspecified atom stereocenters. The molecule has 126 valence electrons. The number of hydrogen-bond donors (Lipinski definition) is 0. The minimum atomic E-state index is 0.0115. The Morgan fingerprint density at radius 2 is 2.04 bits per heavy atom. The molecule has 0 radical (unpaired) electrons. The third kappa shape index (κ3) is 5.22. The van der Waals surface area contributed by atoms with Crippen molar-refractivity contribution in [3.8, 4) is 0 Å². The summed E-state index contributed by atoms with van der Waals surface area (Å²) < 4.78 is 6.48. The quantitative estimate of drug-likeness (QED) is 0.666. The van der Waals surface area contributed by atoms with Crippen molar-refractivity contribution in [2.75, 3.05) is 13.7 Å². The predicted molar refractivity (Wildman–Crippen MR) is 101 cm³/mol. The number of nitrogens with zero attached hydrogens (tertiary/aromatic N) is 1. The lowest BCUT2D eigenvalue weighted by atomic mass is 9.86. The molecule has 0 saturated heterocycles. The van der Waals surface area contributed by atoms with Gasteiger partial charge in [-0.05, 0) is 48.6 Å². The SMILES string of the molecule is COC1=CCC(C)(N(Cc2cccc(Br)c2)CC(C)(C)C)C=C1. The van der Waals surface area contributed by atoms with Gasteiger partial charge in [0.05, 0.1) is 7.11 Å². The van der Waals surface area contributed by atoms with Gasteiger partial charge in [-0.2, -0.15) is 0 Å². The van der Waals surface area contributed by atoms with E-state index in [0.29, 0.717) is 0 Å². The second-order valence-electron chi connectivity index (χ2n) is 7.75. The lowest BCUT2D eigenvalue weighted by Gasteiger charge is -2.43. The number of rotatable bonds is 5. The fraction of sp³-hybridized carbons (Fsp3) is 0.500. The molecule has 1 aliphatic carbocycles. The molecular formula is C20H28BrNO. The predicted octanol–water partition coefficient (Wildman–Crippen LogP) is 5.55. The van der Waals surface area contributed by atoms with Crippen molar-refractivity contribution in [3.05, 3.63) is 58.3 Å². The lowest BCUT2D eigenvalue weighted by Crippen LogP contribution is -2.48. The van der Waals surface area contributed by atoms with Crippen LogP contribution in [0.15, 0.2) is 52.7 Å². The highest BCUT2D eigenvalue weighted by Gasteiger charge is 2.33. The summed E-state index contributed by atoms with van der Waals surface area (Å²) in [6, 6.07) is 8.60. The fourth-order valence-corrected chi connectivity index (χ4v) is 3.38. The van der Waals surface area contributed by atoms with E-state index in [2.05, 4.69) is 91.0 Å². The van der Waals surface area contributed by atoms with E-state index < -0.39 is 0 Å². The first-order valence-electron chi connectivity index (χ1n) is 8.15. The van der Waals surface area contributed by atoms with E-state index in [1.165, 1.54) is 5.56 Å². The maximum absolute atomic E-state index is 5.35. The number of hydrogen-bond acceptors (Lipinski definition) is 2. The molecule has 1 aromatic rings. The molecular weight excluding hydrogens is 350 g/mol. The molecule has 0 N–H and O–H groups in total. The van der Waals surface area contributed by atoms with Gasteiger partial charge in [-0.25, -0.2) is 0 Å². The Morgan fingerprint density at radius 3 is 2.57 bits per heavy atom. The first-order valence-corrected chi connectivity index (χ1v) is 8.94. The van der Waals surface area contributed by atoms with Crippen LogP contribution < -0.4 is 0 Å². The Bertz CT molecular complexity index is 600. The van der Waals surface area contributed by atoms with Gasteiger partial charge in [-0.3, -0.25) is 4.90 Å². The molecule has 2 rings (SSSR count). The third-order valence-electron chi connectivity index (χ3n) is 4.21. The summed E-state index contributed by atoms with van der Waals surface area (Å²) in [7, 11) is 1.73. The Hall–Kier alpha value is -1.06. The average Bonchev–Trinajstić information content (AvgIpc) is 2.46. The first kappa shape index (κ1) is 18.3. The van der Waals surface area contributed by atoms with E-state index in [-0.39, 0.29) is 11.0 Å². The third-order valence-corrected chi connectivity index (χ3v) is 4.70. The fourth-order valence-electron chi connectivity index (χ4n) is 2.94. The van der Waals surface area contributed by atoms with Gasteiger partial charge in [0.2, 0.25) is 0 Å². The molecule has 1 aliphatic rings. The zero-order valence-electron chi connectivity index (χ0n) is 14.9. The van der Waals surface area contributed by atoms with Crippen molar-refractivity contribution >= 4 is 15.9 Å². The summed E-state index contributed by atoms with van der Waals surface area (Å²) >= 11 is 3.58. The zero-order chi connectivity index (χ0) is 17.1. The highest BCUT2D eigenvalue weighted by atomic mass is 79.9. The van der Waals surface area contributed by atoms with E-state index in [0.717, 1.165) is 29.7 Å². The first-order chi connectivity index (χ1) is 10.7. The van der Waals surface area contributed by atoms with Crippen molar-refractivity contribution in [3.63, 3.8) is 0 Å². The van der Waals surface area contributed by atoms with Gasteiger partial charge in [0, 0.05) is 23.1 Å². The Kier molecular flexibility index (Phi) is 5.74. The van der Waals surface area contributed by atoms with Crippen LogP contribution in [0.4, 0.5) is 0 Å². The molecule has 1 aromatic carbocycles. The summed E-state index contributed by atoms with van der Waals surface area (Å²) in [6.07, 6.45) is 7.54. The monoisotopic (exact) mass is 377 g/mol. The van der Waals surface area contributed by atoms with Crippen LogP contribution in [0.3, 0.4) is 0 Å². The van der Waals surface area contributed by atoms with E-state index >= 15 is 0 Å². The second-order valence-corrected chi connectivity index (χ2v) is 8.67. The van der Waals surface area contributed by atoms with Gasteiger partial charge in [0.1, 0.15) is 5.76 Å². The zero-order valence-corrected chi connectivity index (χ0v) is 16.5. The summed E-state index contributed by atoms with van der Waals surface area (Å²) in [5.74, 6) is 0.959. The van der Waals surface area contributed by atoms with Gasteiger partial charge in [0.25, 0.3) is 0 Å². The molecule has 0 bridgehead atoms. The van der Waals surface area contributed by atoms with Crippen LogP contribution in [0.2, 0.25) is 0 Å². The van der Waals surface area contributed by atoms with Crippen molar-refractivity contribution in [2.24, 2.45) is 5.41 Å². The molecule has 0 saturated carbocycles. The second kappa shape index (κ2) is 7.23. The van der Waals surface area contributed by atoms with Crippen LogP contribution in [0.25, 0.3) is 0 Å². The Morgan fingerprint density at radius 1 is 1.30 bits per heavy atom.